The second-order valence-electron chi connectivity index (χ2n) is 10.2. The zero-order valence-corrected chi connectivity index (χ0v) is 25.1. The summed E-state index contributed by atoms with van der Waals surface area (Å²) in [5.41, 5.74) is 4.11. The Morgan fingerprint density at radius 2 is 1.88 bits per heavy atom. The third kappa shape index (κ3) is 5.74. The van der Waals surface area contributed by atoms with Crippen LogP contribution in [0.3, 0.4) is 0 Å². The minimum absolute atomic E-state index is 0.0690. The number of ether oxygens (including phenoxy) is 2. The van der Waals surface area contributed by atoms with Crippen molar-refractivity contribution in [3.8, 4) is 6.01 Å². The van der Waals surface area contributed by atoms with Crippen molar-refractivity contribution >= 4 is 50.8 Å². The first-order valence-corrected chi connectivity index (χ1v) is 15.3. The number of amides is 1. The predicted molar refractivity (Wildman–Crippen MR) is 148 cm³/mol. The molecule has 1 atom stereocenters. The van der Waals surface area contributed by atoms with E-state index in [1.165, 1.54) is 12.0 Å². The van der Waals surface area contributed by atoms with Crippen molar-refractivity contribution in [3.05, 3.63) is 50.1 Å². The second-order valence-corrected chi connectivity index (χ2v) is 13.4. The third-order valence-electron chi connectivity index (χ3n) is 7.02. The molecule has 236 valence electrons. The smallest absolute Gasteiger partial charge is 0.318 e. The van der Waals surface area contributed by atoms with Gasteiger partial charge in [-0.15, -0.1) is 0 Å². The predicted octanol–water partition coefficient (Wildman–Crippen LogP) is 6.29. The molecule has 2 aliphatic rings. The van der Waals surface area contributed by atoms with E-state index in [1.807, 2.05) is 0 Å². The Bertz CT molecular complexity index is 1660. The van der Waals surface area contributed by atoms with Crippen LogP contribution < -0.4 is 15.4 Å². The summed E-state index contributed by atoms with van der Waals surface area (Å²) in [6, 6.07) is 0.112. The maximum atomic E-state index is 15.1. The molecular formula is C24H25Cl2F6N7O3S. The van der Waals surface area contributed by atoms with Crippen LogP contribution >= 0.6 is 33.4 Å². The Morgan fingerprint density at radius 1 is 1.19 bits per heavy atom. The van der Waals surface area contributed by atoms with Crippen LogP contribution in [0.15, 0.2) is 11.0 Å². The van der Waals surface area contributed by atoms with Gasteiger partial charge < -0.3 is 25.0 Å². The first-order chi connectivity index (χ1) is 19.8. The lowest BCUT2D eigenvalue weighted by Gasteiger charge is -2.43. The molecule has 2 aromatic heterocycles. The third-order valence-corrected chi connectivity index (χ3v) is 9.04. The maximum Gasteiger partial charge on any atom is 0.318 e. The van der Waals surface area contributed by atoms with Crippen LogP contribution in [0.2, 0.25) is 10.0 Å². The number of anilines is 2. The number of fused-ring (bicyclic) bond motifs is 2. The van der Waals surface area contributed by atoms with Crippen molar-refractivity contribution in [3.63, 3.8) is 0 Å². The molecule has 0 saturated carbocycles. The first kappa shape index (κ1) is 31.3. The van der Waals surface area contributed by atoms with E-state index in [4.69, 9.17) is 38.4 Å². The number of aromatic nitrogens is 4. The van der Waals surface area contributed by atoms with E-state index in [9.17, 15) is 24.2 Å². The Morgan fingerprint density at radius 3 is 2.51 bits per heavy atom. The topological polar surface area (TPSA) is 112 Å². The molecule has 1 amide bonds. The number of hydrogen-bond acceptors (Lipinski definition) is 8. The lowest BCUT2D eigenvalue weighted by atomic mass is 9.98. The summed E-state index contributed by atoms with van der Waals surface area (Å²) < 4.78 is 98.1. The van der Waals surface area contributed by atoms with Crippen molar-refractivity contribution < 1.29 is 38.1 Å². The standard InChI is InChI=1S/C24H25Cl2F6N7O3S/c1-37(2)23(40)20-18(26)15-9-38(5-4-6-39(15)36-20)22-11-10-42-16(8-14(11)34-24(35-22)41-3)17-19(27)13(33)7-12(25)21(17)43(28,29,30,31)32/h7,16H,4-6,8-10,33H2,1-3H3. The molecule has 0 radical (unpaired) electrons. The van der Waals surface area contributed by atoms with Crippen molar-refractivity contribution in [2.24, 2.45) is 0 Å². The summed E-state index contributed by atoms with van der Waals surface area (Å²) in [4.78, 5) is 21.7. The number of nitrogens with zero attached hydrogens (tertiary/aromatic N) is 6. The lowest BCUT2D eigenvalue weighted by molar-refractivity contribution is 0.0212. The minimum atomic E-state index is -10.5. The molecule has 0 spiro atoms. The molecule has 4 heterocycles. The van der Waals surface area contributed by atoms with Gasteiger partial charge in [0.2, 0.25) is 0 Å². The zero-order chi connectivity index (χ0) is 31.7. The minimum Gasteiger partial charge on any atom is -0.467 e. The van der Waals surface area contributed by atoms with Gasteiger partial charge in [-0.25, -0.2) is 4.39 Å². The molecule has 10 nitrogen and oxygen atoms in total. The molecule has 2 N–H and O–H groups in total. The lowest BCUT2D eigenvalue weighted by Crippen LogP contribution is -2.29. The van der Waals surface area contributed by atoms with Crippen LogP contribution in [0, 0.1) is 5.82 Å². The molecule has 2 aliphatic heterocycles. The van der Waals surface area contributed by atoms with Crippen molar-refractivity contribution in [2.45, 2.75) is 43.5 Å². The number of hydrogen-bond donors (Lipinski definition) is 1. The number of carbonyl (C=O) groups is 1. The average molecular weight is 676 g/mol. The molecule has 0 aliphatic carbocycles. The SMILES string of the molecule is COc1nc2c(c(N3CCCn4nc(C(=O)N(C)C)c(Cl)c4C3)n1)COC(c1c(F)c(N)cc(Cl)c1S(F)(F)(F)(F)F)C2. The highest BCUT2D eigenvalue weighted by molar-refractivity contribution is 8.45. The number of methoxy groups -OCH3 is 1. The van der Waals surface area contributed by atoms with E-state index in [0.29, 0.717) is 36.8 Å². The van der Waals surface area contributed by atoms with Crippen LogP contribution in [0.4, 0.5) is 35.3 Å². The van der Waals surface area contributed by atoms with E-state index in [1.54, 1.807) is 23.7 Å². The van der Waals surface area contributed by atoms with E-state index >= 15 is 4.39 Å². The second kappa shape index (κ2) is 9.93. The van der Waals surface area contributed by atoms with E-state index in [2.05, 4.69) is 15.1 Å². The average Bonchev–Trinajstić information content (AvgIpc) is 3.07. The van der Waals surface area contributed by atoms with Gasteiger partial charge in [-0.2, -0.15) is 15.1 Å². The van der Waals surface area contributed by atoms with Crippen LogP contribution in [-0.2, 0) is 30.9 Å². The van der Waals surface area contributed by atoms with Gasteiger partial charge in [0.05, 0.1) is 53.5 Å². The highest BCUT2D eigenvalue weighted by atomic mass is 35.5. The quantitative estimate of drug-likeness (QED) is 0.248. The molecule has 5 rings (SSSR count). The first-order valence-electron chi connectivity index (χ1n) is 12.6. The van der Waals surface area contributed by atoms with Crippen molar-refractivity contribution in [2.75, 3.05) is 38.4 Å². The molecule has 1 aromatic carbocycles. The molecule has 0 bridgehead atoms. The molecule has 0 saturated heterocycles. The number of aryl methyl sites for hydroxylation is 1. The summed E-state index contributed by atoms with van der Waals surface area (Å²) in [7, 11) is -6.14. The number of nitrogen functional groups attached to an aromatic ring is 1. The van der Waals surface area contributed by atoms with Crippen LogP contribution in [0.5, 0.6) is 6.01 Å². The Kier molecular flexibility index (Phi) is 7.23. The summed E-state index contributed by atoms with van der Waals surface area (Å²) in [6.45, 7) is 0.470. The number of carbonyl (C=O) groups excluding carboxylic acids is 1. The number of benzene rings is 1. The summed E-state index contributed by atoms with van der Waals surface area (Å²) >= 11 is 12.2. The Labute approximate surface area is 251 Å². The number of nitrogens with two attached hydrogens (primary N) is 1. The van der Waals surface area contributed by atoms with Gasteiger partial charge in [0.25, 0.3) is 5.91 Å². The highest BCUT2D eigenvalue weighted by Crippen LogP contribution is 3.03. The van der Waals surface area contributed by atoms with Crippen LogP contribution in [0.25, 0.3) is 0 Å². The summed E-state index contributed by atoms with van der Waals surface area (Å²) in [6.07, 6.45) is -1.91. The zero-order valence-electron chi connectivity index (χ0n) is 22.8. The maximum absolute atomic E-state index is 15.1. The van der Waals surface area contributed by atoms with Gasteiger partial charge in [0, 0.05) is 44.7 Å². The normalized spacial score (nSPS) is 18.7. The van der Waals surface area contributed by atoms with Gasteiger partial charge in [0.1, 0.15) is 10.7 Å². The van der Waals surface area contributed by atoms with Crippen LogP contribution in [-0.4, -0.2) is 58.3 Å². The van der Waals surface area contributed by atoms with Crippen molar-refractivity contribution in [1.29, 1.82) is 0 Å². The number of rotatable bonds is 5. The summed E-state index contributed by atoms with van der Waals surface area (Å²) in [5.74, 6) is -1.84. The fourth-order valence-corrected chi connectivity index (χ4v) is 7.11. The molecular weight excluding hydrogens is 651 g/mol. The van der Waals surface area contributed by atoms with Gasteiger partial charge in [-0.3, -0.25) is 9.48 Å². The fourth-order valence-electron chi connectivity index (χ4n) is 5.11. The summed E-state index contributed by atoms with van der Waals surface area (Å²) in [5, 5.41) is 3.06. The van der Waals surface area contributed by atoms with Gasteiger partial charge in [0.15, 0.2) is 11.5 Å². The van der Waals surface area contributed by atoms with Gasteiger partial charge in [-0.1, -0.05) is 42.6 Å². The molecule has 19 heteroatoms. The number of halogens is 8. The van der Waals surface area contributed by atoms with E-state index in [0.717, 1.165) is 0 Å². The molecule has 1 unspecified atom stereocenters. The molecule has 0 fully saturated rings. The molecule has 43 heavy (non-hydrogen) atoms. The Balaban J connectivity index is 1.58. The Hall–Kier alpha value is -3.15. The fraction of sp³-hybridized carbons (Fsp3) is 0.417. The largest absolute Gasteiger partial charge is 0.467 e. The van der Waals surface area contributed by atoms with E-state index < -0.39 is 62.2 Å². The van der Waals surface area contributed by atoms with E-state index in [-0.39, 0.29) is 34.8 Å². The van der Waals surface area contributed by atoms with Gasteiger partial charge >= 0.3 is 16.2 Å². The highest BCUT2D eigenvalue weighted by Gasteiger charge is 2.68. The molecule has 3 aromatic rings. The van der Waals surface area contributed by atoms with Crippen LogP contribution in [0.1, 0.15) is 45.5 Å². The monoisotopic (exact) mass is 675 g/mol. The van der Waals surface area contributed by atoms with Gasteiger partial charge in [-0.05, 0) is 12.5 Å². The van der Waals surface area contributed by atoms with Crippen molar-refractivity contribution in [1.82, 2.24) is 24.6 Å².